The molecule has 0 aromatic heterocycles. The van der Waals surface area contributed by atoms with Crippen molar-refractivity contribution in [1.82, 2.24) is 15.5 Å². The Kier molecular flexibility index (Phi) is 11.7. The van der Waals surface area contributed by atoms with Gasteiger partial charge in [-0.25, -0.2) is 9.59 Å². The van der Waals surface area contributed by atoms with Gasteiger partial charge in [0.15, 0.2) is 0 Å². The molecule has 0 saturated carbocycles. The lowest BCUT2D eigenvalue weighted by molar-refractivity contribution is 0.0600. The number of methoxy groups -OCH3 is 2. The van der Waals surface area contributed by atoms with Crippen LogP contribution in [0.5, 0.6) is 0 Å². The minimum atomic E-state index is -2.71. The van der Waals surface area contributed by atoms with Gasteiger partial charge in [0.2, 0.25) is 0 Å². The predicted molar refractivity (Wildman–Crippen MR) is 177 cm³/mol. The Morgan fingerprint density at radius 2 is 1.43 bits per heavy atom. The summed E-state index contributed by atoms with van der Waals surface area (Å²) < 4.78 is 17.1. The van der Waals surface area contributed by atoms with Crippen molar-refractivity contribution in [1.29, 1.82) is 0 Å². The van der Waals surface area contributed by atoms with Crippen LogP contribution in [0.4, 0.5) is 4.79 Å². The molecule has 1 fully saturated rings. The molecule has 0 spiro atoms. The number of piperidine rings is 1. The maximum absolute atomic E-state index is 12.1. The zero-order chi connectivity index (χ0) is 31.6. The number of esters is 1. The lowest BCUT2D eigenvalue weighted by atomic mass is 10.0. The Hall–Kier alpha value is -3.50. The first-order chi connectivity index (χ1) is 21.2. The van der Waals surface area contributed by atoms with Crippen molar-refractivity contribution in [3.05, 3.63) is 96.1 Å². The number of rotatable bonds is 12. The van der Waals surface area contributed by atoms with E-state index in [0.717, 1.165) is 18.4 Å². The zero-order valence-electron chi connectivity index (χ0n) is 26.7. The quantitative estimate of drug-likeness (QED) is 0.231. The van der Waals surface area contributed by atoms with Crippen LogP contribution in [-0.2, 0) is 20.4 Å². The Bertz CT molecular complexity index is 1280. The highest BCUT2D eigenvalue weighted by atomic mass is 28.4. The summed E-state index contributed by atoms with van der Waals surface area (Å²) in [5.41, 5.74) is 1.61. The average molecular weight is 618 g/mol. The molecule has 4 rings (SSSR count). The lowest BCUT2D eigenvalue weighted by Gasteiger charge is -2.44. The van der Waals surface area contributed by atoms with Crippen LogP contribution >= 0.6 is 0 Å². The number of benzene rings is 3. The van der Waals surface area contributed by atoms with E-state index in [1.807, 2.05) is 12.1 Å². The van der Waals surface area contributed by atoms with E-state index in [0.29, 0.717) is 38.3 Å². The van der Waals surface area contributed by atoms with E-state index in [9.17, 15) is 9.59 Å². The second-order valence-electron chi connectivity index (χ2n) is 12.4. The van der Waals surface area contributed by atoms with Crippen LogP contribution in [0.3, 0.4) is 0 Å². The third kappa shape index (κ3) is 8.15. The lowest BCUT2D eigenvalue weighted by Crippen LogP contribution is -2.67. The minimum absolute atomic E-state index is 0.0284. The normalized spacial score (nSPS) is 15.1. The van der Waals surface area contributed by atoms with E-state index in [1.54, 1.807) is 17.0 Å². The van der Waals surface area contributed by atoms with Gasteiger partial charge < -0.3 is 29.4 Å². The van der Waals surface area contributed by atoms with Crippen LogP contribution in [0.1, 0.15) is 49.5 Å². The molecule has 3 aromatic rings. The highest BCUT2D eigenvalue weighted by Crippen LogP contribution is 2.36. The minimum Gasteiger partial charge on any atom is -0.465 e. The SMILES string of the molecule is COC(=O)c1ccc(CNC[C@@H](CO[Si](c2ccccc2)(c2ccccc2)C(C)(C)C)NC2CCN(C(=O)OC)CC2)cc1. The van der Waals surface area contributed by atoms with Gasteiger partial charge in [-0.05, 0) is 45.9 Å². The first kappa shape index (κ1) is 33.4. The van der Waals surface area contributed by atoms with Crippen molar-refractivity contribution in [2.24, 2.45) is 0 Å². The molecular weight excluding hydrogens is 570 g/mol. The molecule has 1 atom stereocenters. The number of hydrogen-bond acceptors (Lipinski definition) is 7. The Labute approximate surface area is 263 Å². The third-order valence-electron chi connectivity index (χ3n) is 8.41. The van der Waals surface area contributed by atoms with Gasteiger partial charge in [-0.1, -0.05) is 93.6 Å². The van der Waals surface area contributed by atoms with Crippen LogP contribution in [0, 0.1) is 0 Å². The number of carbonyl (C=O) groups excluding carboxylic acids is 2. The molecule has 8 nitrogen and oxygen atoms in total. The van der Waals surface area contributed by atoms with E-state index in [4.69, 9.17) is 13.9 Å². The predicted octanol–water partition coefficient (Wildman–Crippen LogP) is 4.33. The first-order valence-electron chi connectivity index (χ1n) is 15.4. The molecule has 0 radical (unpaired) electrons. The maximum atomic E-state index is 12.1. The van der Waals surface area contributed by atoms with Crippen LogP contribution < -0.4 is 21.0 Å². The fourth-order valence-corrected chi connectivity index (χ4v) is 10.7. The molecular formula is C35H47N3O5Si. The number of likely N-dealkylation sites (tertiary alicyclic amines) is 1. The molecule has 1 aliphatic rings. The highest BCUT2D eigenvalue weighted by molar-refractivity contribution is 6.99. The van der Waals surface area contributed by atoms with Crippen molar-refractivity contribution in [2.45, 2.75) is 57.3 Å². The molecule has 44 heavy (non-hydrogen) atoms. The van der Waals surface area contributed by atoms with Crippen molar-refractivity contribution in [3.63, 3.8) is 0 Å². The standard InChI is InChI=1S/C35H47N3O5Si/c1-35(2,3)44(31-12-8-6-9-13-31,32-14-10-7-11-15-32)43-26-30(37-29-20-22-38(23-21-29)34(40)42-5)25-36-24-27-16-18-28(19-17-27)33(39)41-4/h6-19,29-30,36-37H,20-26H2,1-5H3/t30-/m0/s1. The van der Waals surface area contributed by atoms with E-state index < -0.39 is 8.32 Å². The second-order valence-corrected chi connectivity index (χ2v) is 16.7. The van der Waals surface area contributed by atoms with Crippen LogP contribution in [0.25, 0.3) is 0 Å². The molecule has 1 amide bonds. The van der Waals surface area contributed by atoms with Crippen molar-refractivity contribution in [2.75, 3.05) is 40.5 Å². The molecule has 1 heterocycles. The fraction of sp³-hybridized carbons (Fsp3) is 0.429. The van der Waals surface area contributed by atoms with E-state index in [-0.39, 0.29) is 29.2 Å². The van der Waals surface area contributed by atoms with Crippen LogP contribution in [-0.4, -0.2) is 77.8 Å². The van der Waals surface area contributed by atoms with Crippen molar-refractivity contribution < 1.29 is 23.5 Å². The van der Waals surface area contributed by atoms with E-state index >= 15 is 0 Å². The van der Waals surface area contributed by atoms with Crippen molar-refractivity contribution >= 4 is 30.8 Å². The Morgan fingerprint density at radius 3 is 1.93 bits per heavy atom. The summed E-state index contributed by atoms with van der Waals surface area (Å²) in [6.45, 7) is 10.1. The van der Waals surface area contributed by atoms with Crippen molar-refractivity contribution in [3.8, 4) is 0 Å². The summed E-state index contributed by atoms with van der Waals surface area (Å²) in [4.78, 5) is 25.7. The number of ether oxygens (including phenoxy) is 2. The molecule has 0 unspecified atom stereocenters. The number of hydrogen-bond donors (Lipinski definition) is 2. The second kappa shape index (κ2) is 15.5. The average Bonchev–Trinajstić information content (AvgIpc) is 3.05. The molecule has 1 aliphatic heterocycles. The Morgan fingerprint density at radius 1 is 0.864 bits per heavy atom. The summed E-state index contributed by atoms with van der Waals surface area (Å²) in [5.74, 6) is -0.340. The van der Waals surface area contributed by atoms with E-state index in [2.05, 4.69) is 92.1 Å². The molecule has 9 heteroatoms. The summed E-state index contributed by atoms with van der Waals surface area (Å²) >= 11 is 0. The first-order valence-corrected chi connectivity index (χ1v) is 17.3. The molecule has 3 aromatic carbocycles. The summed E-state index contributed by atoms with van der Waals surface area (Å²) in [5, 5.41) is 9.87. The molecule has 1 saturated heterocycles. The maximum Gasteiger partial charge on any atom is 0.409 e. The number of nitrogens with zero attached hydrogens (tertiary/aromatic N) is 1. The van der Waals surface area contributed by atoms with Gasteiger partial charge in [0.1, 0.15) is 0 Å². The fourth-order valence-electron chi connectivity index (χ4n) is 6.11. The molecule has 236 valence electrons. The third-order valence-corrected chi connectivity index (χ3v) is 13.4. The van der Waals surface area contributed by atoms with Gasteiger partial charge in [-0.3, -0.25) is 0 Å². The van der Waals surface area contributed by atoms with E-state index in [1.165, 1.54) is 24.6 Å². The number of nitrogens with one attached hydrogen (secondary N) is 2. The van der Waals surface area contributed by atoms with Gasteiger partial charge in [0, 0.05) is 38.3 Å². The molecule has 2 N–H and O–H groups in total. The van der Waals surface area contributed by atoms with Gasteiger partial charge in [0.05, 0.1) is 26.4 Å². The summed E-state index contributed by atoms with van der Waals surface area (Å²) in [6, 6.07) is 29.2. The molecule has 0 bridgehead atoms. The van der Waals surface area contributed by atoms with Crippen LogP contribution in [0.15, 0.2) is 84.9 Å². The summed E-state index contributed by atoms with van der Waals surface area (Å²) in [6.07, 6.45) is 1.43. The van der Waals surface area contributed by atoms with Gasteiger partial charge in [-0.2, -0.15) is 0 Å². The highest BCUT2D eigenvalue weighted by Gasteiger charge is 2.50. The van der Waals surface area contributed by atoms with Gasteiger partial charge in [0.25, 0.3) is 8.32 Å². The topological polar surface area (TPSA) is 89.1 Å². The largest absolute Gasteiger partial charge is 0.465 e. The number of amides is 1. The molecule has 0 aliphatic carbocycles. The van der Waals surface area contributed by atoms with Gasteiger partial charge in [-0.15, -0.1) is 0 Å². The summed E-state index contributed by atoms with van der Waals surface area (Å²) in [7, 11) is 0.104. The number of carbonyl (C=O) groups is 2. The monoisotopic (exact) mass is 617 g/mol. The Balaban J connectivity index is 1.54. The zero-order valence-corrected chi connectivity index (χ0v) is 27.7. The van der Waals surface area contributed by atoms with Gasteiger partial charge >= 0.3 is 12.1 Å². The van der Waals surface area contributed by atoms with Crippen LogP contribution in [0.2, 0.25) is 5.04 Å². The smallest absolute Gasteiger partial charge is 0.409 e.